The molecule has 2 saturated heterocycles. The Hall–Kier alpha value is -1.75. The molecule has 0 amide bonds. The van der Waals surface area contributed by atoms with Crippen LogP contribution in [0.3, 0.4) is 0 Å². The highest BCUT2D eigenvalue weighted by Crippen LogP contribution is 2.39. The van der Waals surface area contributed by atoms with Crippen molar-refractivity contribution in [2.75, 3.05) is 13.7 Å². The maximum Gasteiger partial charge on any atom is 0.282 e. The third kappa shape index (κ3) is 7.55. The highest BCUT2D eigenvalue weighted by atomic mass is 35.5. The third-order valence-electron chi connectivity index (χ3n) is 6.82. The number of rotatable bonds is 11. The van der Waals surface area contributed by atoms with Crippen LogP contribution < -0.4 is 0 Å². The van der Waals surface area contributed by atoms with Crippen LogP contribution in [0.4, 0.5) is 0 Å². The molecule has 2 aliphatic rings. The van der Waals surface area contributed by atoms with Crippen LogP contribution in [0.5, 0.6) is 0 Å². The van der Waals surface area contributed by atoms with Crippen LogP contribution in [0, 0.1) is 0 Å². The second-order valence-electron chi connectivity index (χ2n) is 9.76. The molecule has 2 fully saturated rings. The number of fused-ring (bicyclic) bond motifs is 1. The van der Waals surface area contributed by atoms with E-state index in [0.717, 1.165) is 16.7 Å². The SMILES string of the molecule is COC1(C)OC2OC(COCc3ccc(Cl)cc3)C(OCc3ccc(Cl)cc3)C(OCc3ccc(Cl)cc3)C2O1. The zero-order valence-electron chi connectivity index (χ0n) is 22.1. The number of hydrogen-bond acceptors (Lipinski definition) is 7. The average molecular weight is 610 g/mol. The van der Waals surface area contributed by atoms with Gasteiger partial charge in [-0.05, 0) is 53.1 Å². The van der Waals surface area contributed by atoms with Gasteiger partial charge in [0.15, 0.2) is 6.29 Å². The number of benzene rings is 3. The van der Waals surface area contributed by atoms with E-state index in [-0.39, 0.29) is 6.61 Å². The Bertz CT molecular complexity index is 1230. The molecule has 2 aliphatic heterocycles. The molecule has 0 N–H and O–H groups in total. The normalized spacial score (nSPS) is 28.0. The molecule has 3 aromatic rings. The minimum absolute atomic E-state index is 0.227. The highest BCUT2D eigenvalue weighted by molar-refractivity contribution is 6.31. The van der Waals surface area contributed by atoms with Crippen LogP contribution >= 0.6 is 34.8 Å². The largest absolute Gasteiger partial charge is 0.374 e. The monoisotopic (exact) mass is 608 g/mol. The predicted octanol–water partition coefficient (Wildman–Crippen LogP) is 6.79. The van der Waals surface area contributed by atoms with E-state index in [1.165, 1.54) is 7.11 Å². The molecule has 6 atom stereocenters. The van der Waals surface area contributed by atoms with Crippen LogP contribution in [0.2, 0.25) is 15.1 Å². The molecule has 0 spiro atoms. The van der Waals surface area contributed by atoms with E-state index in [2.05, 4.69) is 0 Å². The number of methoxy groups -OCH3 is 1. The summed E-state index contributed by atoms with van der Waals surface area (Å²) in [6.07, 6.45) is -3.02. The summed E-state index contributed by atoms with van der Waals surface area (Å²) in [5, 5.41) is 1.97. The van der Waals surface area contributed by atoms with Crippen LogP contribution in [0.25, 0.3) is 0 Å². The fraction of sp³-hybridized carbons (Fsp3) is 0.400. The van der Waals surface area contributed by atoms with Crippen LogP contribution in [0.15, 0.2) is 72.8 Å². The van der Waals surface area contributed by atoms with Crippen molar-refractivity contribution in [3.05, 3.63) is 105 Å². The van der Waals surface area contributed by atoms with Gasteiger partial charge in [-0.2, -0.15) is 0 Å². The summed E-state index contributed by atoms with van der Waals surface area (Å²) in [5.74, 6) is -1.29. The minimum atomic E-state index is -1.29. The van der Waals surface area contributed by atoms with Crippen molar-refractivity contribution in [3.63, 3.8) is 0 Å². The maximum absolute atomic E-state index is 6.49. The Morgan fingerprint density at radius 1 is 0.675 bits per heavy atom. The van der Waals surface area contributed by atoms with Crippen molar-refractivity contribution in [2.24, 2.45) is 0 Å². The molecule has 0 radical (unpaired) electrons. The van der Waals surface area contributed by atoms with Gasteiger partial charge in [-0.15, -0.1) is 0 Å². The van der Waals surface area contributed by atoms with Crippen molar-refractivity contribution in [3.8, 4) is 0 Å². The lowest BCUT2D eigenvalue weighted by molar-refractivity contribution is -0.334. The number of ether oxygens (including phenoxy) is 7. The van der Waals surface area contributed by atoms with E-state index >= 15 is 0 Å². The van der Waals surface area contributed by atoms with Gasteiger partial charge in [-0.25, -0.2) is 0 Å². The Labute approximate surface area is 249 Å². The molecule has 10 heteroatoms. The summed E-state index contributed by atoms with van der Waals surface area (Å²) in [6, 6.07) is 22.5. The lowest BCUT2D eigenvalue weighted by Crippen LogP contribution is -2.59. The molecule has 40 heavy (non-hydrogen) atoms. The summed E-state index contributed by atoms with van der Waals surface area (Å²) in [7, 11) is 1.52. The summed E-state index contributed by atoms with van der Waals surface area (Å²) >= 11 is 18.2. The van der Waals surface area contributed by atoms with E-state index in [0.29, 0.717) is 34.9 Å². The molecule has 0 aromatic heterocycles. The minimum Gasteiger partial charge on any atom is -0.374 e. The van der Waals surface area contributed by atoms with Gasteiger partial charge in [-0.1, -0.05) is 71.2 Å². The highest BCUT2D eigenvalue weighted by Gasteiger charge is 2.57. The summed E-state index contributed by atoms with van der Waals surface area (Å²) in [6.45, 7) is 2.90. The zero-order chi connectivity index (χ0) is 28.1. The average Bonchev–Trinajstić information content (AvgIpc) is 3.30. The fourth-order valence-corrected chi connectivity index (χ4v) is 5.00. The van der Waals surface area contributed by atoms with Gasteiger partial charge in [0.25, 0.3) is 5.97 Å². The Morgan fingerprint density at radius 2 is 1.15 bits per heavy atom. The first kappa shape index (κ1) is 29.7. The molecule has 5 rings (SSSR count). The van der Waals surface area contributed by atoms with Crippen molar-refractivity contribution in [1.82, 2.24) is 0 Å². The molecule has 214 valence electrons. The second kappa shape index (κ2) is 13.5. The standard InChI is InChI=1S/C30H31Cl3O7/c1-30(34-2)39-28-27(37-17-21-7-13-24(33)14-8-21)26(36-16-20-5-11-23(32)12-6-20)25(38-29(28)40-30)18-35-15-19-3-9-22(31)10-4-19/h3-14,25-29H,15-18H2,1-2H3. The van der Waals surface area contributed by atoms with E-state index < -0.39 is 36.7 Å². The summed E-state index contributed by atoms with van der Waals surface area (Å²) in [5.41, 5.74) is 2.89. The fourth-order valence-electron chi connectivity index (χ4n) is 4.63. The van der Waals surface area contributed by atoms with E-state index in [9.17, 15) is 0 Å². The smallest absolute Gasteiger partial charge is 0.282 e. The topological polar surface area (TPSA) is 64.6 Å². The Kier molecular flexibility index (Phi) is 10.0. The van der Waals surface area contributed by atoms with Gasteiger partial charge in [0, 0.05) is 29.1 Å². The molecule has 3 aromatic carbocycles. The Balaban J connectivity index is 1.37. The van der Waals surface area contributed by atoms with Gasteiger partial charge in [-0.3, -0.25) is 4.74 Å². The van der Waals surface area contributed by atoms with Crippen LogP contribution in [0.1, 0.15) is 23.6 Å². The van der Waals surface area contributed by atoms with Crippen LogP contribution in [-0.4, -0.2) is 50.4 Å². The van der Waals surface area contributed by atoms with Crippen molar-refractivity contribution >= 4 is 34.8 Å². The van der Waals surface area contributed by atoms with Gasteiger partial charge in [0.05, 0.1) is 26.4 Å². The van der Waals surface area contributed by atoms with Gasteiger partial charge in [0.2, 0.25) is 0 Å². The molecule has 0 aliphatic carbocycles. The van der Waals surface area contributed by atoms with E-state index in [1.807, 2.05) is 72.8 Å². The van der Waals surface area contributed by atoms with Crippen molar-refractivity contribution in [1.29, 1.82) is 0 Å². The van der Waals surface area contributed by atoms with E-state index in [4.69, 9.17) is 68.0 Å². The van der Waals surface area contributed by atoms with Crippen molar-refractivity contribution < 1.29 is 33.2 Å². The first-order chi connectivity index (χ1) is 19.3. The first-order valence-electron chi connectivity index (χ1n) is 12.9. The Morgan fingerprint density at radius 3 is 1.65 bits per heavy atom. The predicted molar refractivity (Wildman–Crippen MR) is 151 cm³/mol. The molecule has 0 saturated carbocycles. The van der Waals surface area contributed by atoms with E-state index in [1.54, 1.807) is 6.92 Å². The van der Waals surface area contributed by atoms with Gasteiger partial charge >= 0.3 is 0 Å². The van der Waals surface area contributed by atoms with Crippen LogP contribution in [-0.2, 0) is 53.0 Å². The molecule has 6 unspecified atom stereocenters. The molecular weight excluding hydrogens is 579 g/mol. The lowest BCUT2D eigenvalue weighted by atomic mass is 9.98. The molecular formula is C30H31Cl3O7. The summed E-state index contributed by atoms with van der Waals surface area (Å²) in [4.78, 5) is 0. The maximum atomic E-state index is 6.49. The van der Waals surface area contributed by atoms with Crippen molar-refractivity contribution in [2.45, 2.75) is 63.4 Å². The molecule has 0 bridgehead atoms. The summed E-state index contributed by atoms with van der Waals surface area (Å²) < 4.78 is 43.1. The molecule has 2 heterocycles. The zero-order valence-corrected chi connectivity index (χ0v) is 24.4. The third-order valence-corrected chi connectivity index (χ3v) is 7.57. The lowest BCUT2D eigenvalue weighted by Gasteiger charge is -2.42. The second-order valence-corrected chi connectivity index (χ2v) is 11.1. The quantitative estimate of drug-likeness (QED) is 0.237. The molecule has 7 nitrogen and oxygen atoms in total. The number of hydrogen-bond donors (Lipinski definition) is 0. The number of halogens is 3. The van der Waals surface area contributed by atoms with Gasteiger partial charge in [0.1, 0.15) is 24.4 Å². The first-order valence-corrected chi connectivity index (χ1v) is 14.1. The van der Waals surface area contributed by atoms with Gasteiger partial charge < -0.3 is 28.4 Å².